The molecule has 0 spiro atoms. The van der Waals surface area contributed by atoms with Gasteiger partial charge >= 0.3 is 0 Å². The van der Waals surface area contributed by atoms with Crippen molar-refractivity contribution in [3.63, 3.8) is 0 Å². The van der Waals surface area contributed by atoms with Crippen molar-refractivity contribution >= 4 is 35.1 Å². The minimum absolute atomic E-state index is 0.0689. The van der Waals surface area contributed by atoms with Gasteiger partial charge in [0.15, 0.2) is 5.96 Å². The molecule has 1 aromatic carbocycles. The summed E-state index contributed by atoms with van der Waals surface area (Å²) in [5.74, 6) is 0.471. The van der Waals surface area contributed by atoms with Gasteiger partial charge < -0.3 is 16.0 Å². The van der Waals surface area contributed by atoms with E-state index in [2.05, 4.69) is 20.9 Å². The molecule has 0 aliphatic rings. The van der Waals surface area contributed by atoms with Crippen LogP contribution in [0.15, 0.2) is 23.2 Å². The van der Waals surface area contributed by atoms with Gasteiger partial charge in [0.2, 0.25) is 5.91 Å². The maximum Gasteiger partial charge on any atom is 0.242 e. The summed E-state index contributed by atoms with van der Waals surface area (Å²) in [6.07, 6.45) is 0.664. The van der Waals surface area contributed by atoms with Crippen molar-refractivity contribution in [3.8, 4) is 0 Å². The fraction of sp³-hybridized carbons (Fsp3) is 0.529. The molecule has 24 heavy (non-hydrogen) atoms. The van der Waals surface area contributed by atoms with Gasteiger partial charge in [-0.15, -0.1) is 0 Å². The second kappa shape index (κ2) is 9.74. The summed E-state index contributed by atoms with van der Waals surface area (Å²) in [5.41, 5.74) is 0.633. The van der Waals surface area contributed by atoms with E-state index in [4.69, 9.17) is 23.2 Å². The predicted molar refractivity (Wildman–Crippen MR) is 102 cm³/mol. The van der Waals surface area contributed by atoms with E-state index in [0.29, 0.717) is 35.5 Å². The summed E-state index contributed by atoms with van der Waals surface area (Å²) in [4.78, 5) is 16.1. The quantitative estimate of drug-likeness (QED) is 0.531. The molecular weight excluding hydrogens is 347 g/mol. The number of hydrogen-bond acceptors (Lipinski definition) is 2. The summed E-state index contributed by atoms with van der Waals surface area (Å²) in [6.45, 7) is 9.16. The molecule has 5 nitrogen and oxygen atoms in total. The number of benzene rings is 1. The zero-order chi connectivity index (χ0) is 18.2. The Morgan fingerprint density at radius 2 is 1.79 bits per heavy atom. The molecule has 0 saturated carbocycles. The Hall–Kier alpha value is -1.46. The normalized spacial score (nSPS) is 12.0. The molecule has 0 saturated heterocycles. The molecule has 0 radical (unpaired) electrons. The van der Waals surface area contributed by atoms with Gasteiger partial charge in [0.1, 0.15) is 6.54 Å². The number of guanidine groups is 1. The van der Waals surface area contributed by atoms with Gasteiger partial charge in [0.05, 0.1) is 0 Å². The van der Waals surface area contributed by atoms with Crippen LogP contribution in [0, 0.1) is 0 Å². The van der Waals surface area contributed by atoms with Crippen molar-refractivity contribution in [3.05, 3.63) is 33.8 Å². The van der Waals surface area contributed by atoms with Crippen LogP contribution in [0.2, 0.25) is 10.0 Å². The first-order valence-electron chi connectivity index (χ1n) is 7.99. The van der Waals surface area contributed by atoms with Crippen LogP contribution < -0.4 is 16.0 Å². The molecule has 1 rings (SSSR count). The topological polar surface area (TPSA) is 65.5 Å². The second-order valence-electron chi connectivity index (χ2n) is 6.37. The molecule has 0 heterocycles. The highest BCUT2D eigenvalue weighted by Crippen LogP contribution is 2.24. The molecule has 0 fully saturated rings. The average molecular weight is 373 g/mol. The molecular formula is C17H26Cl2N4O. The number of amides is 1. The van der Waals surface area contributed by atoms with Gasteiger partial charge in [-0.2, -0.15) is 0 Å². The maximum absolute atomic E-state index is 11.8. The molecule has 0 aromatic heterocycles. The average Bonchev–Trinajstić information content (AvgIpc) is 2.46. The second-order valence-corrected chi connectivity index (χ2v) is 7.18. The van der Waals surface area contributed by atoms with E-state index in [1.807, 2.05) is 45.9 Å². The standard InChI is InChI=1S/C17H26Cl2N4O/c1-5-20-16(22-11-15(24)23-17(2,3)4)21-10-9-12-13(18)7-6-8-14(12)19/h6-8H,5,9-11H2,1-4H3,(H,23,24)(H2,20,21,22). The van der Waals surface area contributed by atoms with Crippen LogP contribution in [0.25, 0.3) is 0 Å². The largest absolute Gasteiger partial charge is 0.357 e. The van der Waals surface area contributed by atoms with Gasteiger partial charge in [0.25, 0.3) is 0 Å². The van der Waals surface area contributed by atoms with Gasteiger partial charge in [-0.05, 0) is 51.8 Å². The maximum atomic E-state index is 11.8. The van der Waals surface area contributed by atoms with Crippen molar-refractivity contribution in [1.82, 2.24) is 16.0 Å². The number of aliphatic imine (C=N–C) groups is 1. The van der Waals surface area contributed by atoms with E-state index in [9.17, 15) is 4.79 Å². The summed E-state index contributed by atoms with van der Waals surface area (Å²) < 4.78 is 0. The van der Waals surface area contributed by atoms with Crippen LogP contribution in [-0.4, -0.2) is 37.0 Å². The van der Waals surface area contributed by atoms with E-state index in [1.165, 1.54) is 0 Å². The van der Waals surface area contributed by atoms with Crippen LogP contribution in [-0.2, 0) is 11.2 Å². The van der Waals surface area contributed by atoms with E-state index in [-0.39, 0.29) is 18.0 Å². The minimum atomic E-state index is -0.265. The first-order valence-corrected chi connectivity index (χ1v) is 8.74. The van der Waals surface area contributed by atoms with Gasteiger partial charge in [-0.1, -0.05) is 29.3 Å². The Morgan fingerprint density at radius 1 is 1.17 bits per heavy atom. The Labute approximate surface area is 154 Å². The Morgan fingerprint density at radius 3 is 2.33 bits per heavy atom. The van der Waals surface area contributed by atoms with Crippen LogP contribution in [0.3, 0.4) is 0 Å². The fourth-order valence-electron chi connectivity index (χ4n) is 2.03. The van der Waals surface area contributed by atoms with Crippen molar-refractivity contribution in [2.24, 2.45) is 4.99 Å². The lowest BCUT2D eigenvalue weighted by molar-refractivity contribution is -0.121. The lowest BCUT2D eigenvalue weighted by Gasteiger charge is -2.20. The van der Waals surface area contributed by atoms with Gasteiger partial charge in [-0.3, -0.25) is 4.79 Å². The number of nitrogens with zero attached hydrogens (tertiary/aromatic N) is 1. The Kier molecular flexibility index (Phi) is 8.36. The van der Waals surface area contributed by atoms with E-state index < -0.39 is 0 Å². The molecule has 0 aliphatic carbocycles. The molecule has 0 bridgehead atoms. The zero-order valence-electron chi connectivity index (χ0n) is 14.7. The lowest BCUT2D eigenvalue weighted by atomic mass is 10.1. The van der Waals surface area contributed by atoms with Crippen molar-refractivity contribution in [1.29, 1.82) is 0 Å². The first-order chi connectivity index (χ1) is 11.2. The highest BCUT2D eigenvalue weighted by atomic mass is 35.5. The molecule has 1 aromatic rings. The fourth-order valence-corrected chi connectivity index (χ4v) is 2.61. The van der Waals surface area contributed by atoms with Crippen LogP contribution in [0.5, 0.6) is 0 Å². The molecule has 1 amide bonds. The summed E-state index contributed by atoms with van der Waals surface area (Å²) in [5, 5.41) is 10.5. The van der Waals surface area contributed by atoms with Crippen LogP contribution in [0.4, 0.5) is 0 Å². The SMILES string of the molecule is CCNC(=NCC(=O)NC(C)(C)C)NCCc1c(Cl)cccc1Cl. The number of carbonyl (C=O) groups excluding carboxylic acids is 1. The summed E-state index contributed by atoms with van der Waals surface area (Å²) >= 11 is 12.3. The van der Waals surface area contributed by atoms with Gasteiger partial charge in [0, 0.05) is 28.7 Å². The van der Waals surface area contributed by atoms with Crippen LogP contribution >= 0.6 is 23.2 Å². The number of rotatable bonds is 6. The smallest absolute Gasteiger partial charge is 0.242 e. The number of nitrogens with one attached hydrogen (secondary N) is 3. The van der Waals surface area contributed by atoms with E-state index >= 15 is 0 Å². The zero-order valence-corrected chi connectivity index (χ0v) is 16.2. The highest BCUT2D eigenvalue weighted by molar-refractivity contribution is 6.36. The first kappa shape index (κ1) is 20.6. The van der Waals surface area contributed by atoms with Gasteiger partial charge in [-0.25, -0.2) is 4.99 Å². The molecule has 3 N–H and O–H groups in total. The van der Waals surface area contributed by atoms with Crippen molar-refractivity contribution < 1.29 is 4.79 Å². The highest BCUT2D eigenvalue weighted by Gasteiger charge is 2.13. The number of carbonyl (C=O) groups is 1. The minimum Gasteiger partial charge on any atom is -0.357 e. The van der Waals surface area contributed by atoms with E-state index in [0.717, 1.165) is 5.56 Å². The number of halogens is 2. The molecule has 0 atom stereocenters. The third-order valence-corrected chi connectivity index (χ3v) is 3.68. The monoisotopic (exact) mass is 372 g/mol. The predicted octanol–water partition coefficient (Wildman–Crippen LogP) is 3.01. The molecule has 7 heteroatoms. The third kappa shape index (κ3) is 7.88. The summed E-state index contributed by atoms with van der Waals surface area (Å²) in [6, 6.07) is 5.46. The van der Waals surface area contributed by atoms with Crippen molar-refractivity contribution in [2.45, 2.75) is 39.7 Å². The Bertz CT molecular complexity index is 562. The lowest BCUT2D eigenvalue weighted by Crippen LogP contribution is -2.43. The molecule has 0 unspecified atom stereocenters. The number of hydrogen-bond donors (Lipinski definition) is 3. The van der Waals surface area contributed by atoms with Crippen LogP contribution in [0.1, 0.15) is 33.3 Å². The van der Waals surface area contributed by atoms with E-state index in [1.54, 1.807) is 0 Å². The van der Waals surface area contributed by atoms with Crippen molar-refractivity contribution in [2.75, 3.05) is 19.6 Å². The molecule has 0 aliphatic heterocycles. The summed E-state index contributed by atoms with van der Waals surface area (Å²) in [7, 11) is 0. The molecule has 134 valence electrons. The third-order valence-electron chi connectivity index (χ3n) is 2.97. The Balaban J connectivity index is 2.57.